The van der Waals surface area contributed by atoms with Crippen molar-refractivity contribution >= 4 is 40.8 Å². The van der Waals surface area contributed by atoms with Crippen molar-refractivity contribution in [1.82, 2.24) is 5.32 Å². The van der Waals surface area contributed by atoms with Crippen molar-refractivity contribution in [1.29, 1.82) is 0 Å². The molecule has 0 saturated carbocycles. The van der Waals surface area contributed by atoms with E-state index >= 15 is 0 Å². The molecule has 5 amide bonds. The molecule has 8 nitrogen and oxygen atoms in total. The predicted molar refractivity (Wildman–Crippen MR) is 106 cm³/mol. The number of hydrazone groups is 1. The summed E-state index contributed by atoms with van der Waals surface area (Å²) in [4.78, 5) is 51.2. The Hall–Kier alpha value is -4.07. The van der Waals surface area contributed by atoms with Crippen LogP contribution in [-0.2, 0) is 14.4 Å². The highest BCUT2D eigenvalue weighted by atomic mass is 16.2. The maximum absolute atomic E-state index is 12.9. The first kappa shape index (κ1) is 18.3. The van der Waals surface area contributed by atoms with E-state index in [-0.39, 0.29) is 11.5 Å². The number of carbonyl (C=O) groups is 4. The maximum Gasteiger partial charge on any atom is 0.335 e. The fourth-order valence-electron chi connectivity index (χ4n) is 3.18. The van der Waals surface area contributed by atoms with E-state index in [2.05, 4.69) is 10.4 Å². The van der Waals surface area contributed by atoms with E-state index in [0.717, 1.165) is 4.90 Å². The molecule has 2 aliphatic heterocycles. The first-order valence-corrected chi connectivity index (χ1v) is 8.88. The summed E-state index contributed by atoms with van der Waals surface area (Å²) in [7, 11) is 0. The quantitative estimate of drug-likeness (QED) is 0.644. The monoisotopic (exact) mass is 388 g/mol. The second-order valence-electron chi connectivity index (χ2n) is 6.52. The van der Waals surface area contributed by atoms with Crippen molar-refractivity contribution in [2.24, 2.45) is 11.0 Å². The summed E-state index contributed by atoms with van der Waals surface area (Å²) >= 11 is 0. The third kappa shape index (κ3) is 3.20. The summed E-state index contributed by atoms with van der Waals surface area (Å²) < 4.78 is 0. The molecule has 0 aliphatic carbocycles. The third-order valence-electron chi connectivity index (χ3n) is 4.63. The minimum absolute atomic E-state index is 0.281. The number of hydrogen-bond donors (Lipinski definition) is 1. The van der Waals surface area contributed by atoms with Gasteiger partial charge in [-0.3, -0.25) is 19.7 Å². The number of nitrogens with zero attached hydrogens (tertiary/aromatic N) is 3. The van der Waals surface area contributed by atoms with E-state index < -0.39 is 23.8 Å². The lowest BCUT2D eigenvalue weighted by atomic mass is 9.98. The van der Waals surface area contributed by atoms with Crippen molar-refractivity contribution in [2.75, 3.05) is 9.91 Å². The van der Waals surface area contributed by atoms with Crippen LogP contribution in [0.3, 0.4) is 0 Å². The second kappa shape index (κ2) is 7.16. The maximum atomic E-state index is 12.9. The summed E-state index contributed by atoms with van der Waals surface area (Å²) in [6.45, 7) is 1.65. The van der Waals surface area contributed by atoms with Gasteiger partial charge < -0.3 is 0 Å². The van der Waals surface area contributed by atoms with Gasteiger partial charge in [-0.2, -0.15) is 10.1 Å². The Bertz CT molecular complexity index is 1080. The molecular formula is C21H16N4O4. The van der Waals surface area contributed by atoms with Gasteiger partial charge in [0.25, 0.3) is 17.7 Å². The highest BCUT2D eigenvalue weighted by Gasteiger charge is 2.40. The number of barbiturate groups is 1. The lowest BCUT2D eigenvalue weighted by Crippen LogP contribution is -2.54. The van der Waals surface area contributed by atoms with Gasteiger partial charge >= 0.3 is 6.03 Å². The molecule has 8 heteroatoms. The van der Waals surface area contributed by atoms with Crippen molar-refractivity contribution < 1.29 is 19.2 Å². The second-order valence-corrected chi connectivity index (χ2v) is 6.52. The van der Waals surface area contributed by atoms with Gasteiger partial charge in [-0.15, -0.1) is 0 Å². The molecule has 2 aromatic carbocycles. The molecule has 2 heterocycles. The fraction of sp³-hybridized carbons (Fsp3) is 0.0952. The molecule has 0 aromatic heterocycles. The molecule has 2 aromatic rings. The van der Waals surface area contributed by atoms with Gasteiger partial charge in [0, 0.05) is 0 Å². The first-order chi connectivity index (χ1) is 14.0. The van der Waals surface area contributed by atoms with Crippen LogP contribution < -0.4 is 15.2 Å². The smallest absolute Gasteiger partial charge is 0.273 e. The van der Waals surface area contributed by atoms with Gasteiger partial charge in [0.2, 0.25) is 0 Å². The molecular weight excluding hydrogens is 372 g/mol. The average Bonchev–Trinajstić information content (AvgIpc) is 3.00. The Balaban J connectivity index is 1.67. The van der Waals surface area contributed by atoms with Crippen LogP contribution in [0.5, 0.6) is 0 Å². The molecule has 0 spiro atoms. The van der Waals surface area contributed by atoms with Crippen molar-refractivity contribution in [3.63, 3.8) is 0 Å². The Morgan fingerprint density at radius 1 is 0.897 bits per heavy atom. The normalized spacial score (nSPS) is 20.9. The summed E-state index contributed by atoms with van der Waals surface area (Å²) in [5.41, 5.74) is 1.06. The van der Waals surface area contributed by atoms with Crippen molar-refractivity contribution in [3.05, 3.63) is 72.3 Å². The SMILES string of the molecule is CC1=NN(c2ccccc2)C(=O)[C@@H]1/C=C1/C(=O)NC(=O)N(c2ccccc2)C1=O. The minimum atomic E-state index is -0.884. The molecule has 4 rings (SSSR count). The standard InChI is InChI=1S/C21H16N4O4/c1-13-16(20(28)25(23-13)15-10-6-3-7-11-15)12-17-18(26)22-21(29)24(19(17)27)14-8-4-2-5-9-14/h2-12,16H,1H3,(H,22,26,29)/b17-12-/t16-/m1/s1. The van der Waals surface area contributed by atoms with Gasteiger partial charge in [-0.1, -0.05) is 36.4 Å². The van der Waals surface area contributed by atoms with Crippen LogP contribution in [0, 0.1) is 5.92 Å². The number of benzene rings is 2. The summed E-state index contributed by atoms with van der Waals surface area (Å²) in [5.74, 6) is -2.90. The van der Waals surface area contributed by atoms with E-state index in [1.54, 1.807) is 61.5 Å². The number of carbonyl (C=O) groups excluding carboxylic acids is 4. The topological polar surface area (TPSA) is 99.2 Å². The Morgan fingerprint density at radius 2 is 1.48 bits per heavy atom. The molecule has 1 fully saturated rings. The van der Waals surface area contributed by atoms with E-state index in [0.29, 0.717) is 17.1 Å². The number of para-hydroxylation sites is 2. The number of imide groups is 2. The van der Waals surface area contributed by atoms with Crippen LogP contribution >= 0.6 is 0 Å². The highest BCUT2D eigenvalue weighted by Crippen LogP contribution is 2.27. The fourth-order valence-corrected chi connectivity index (χ4v) is 3.18. The van der Waals surface area contributed by atoms with Crippen molar-refractivity contribution in [3.8, 4) is 0 Å². The Morgan fingerprint density at radius 3 is 2.10 bits per heavy atom. The zero-order valence-corrected chi connectivity index (χ0v) is 15.4. The van der Waals surface area contributed by atoms with E-state index in [1.165, 1.54) is 11.1 Å². The molecule has 1 saturated heterocycles. The molecule has 0 radical (unpaired) electrons. The molecule has 0 unspecified atom stereocenters. The van der Waals surface area contributed by atoms with Crippen LogP contribution in [0.2, 0.25) is 0 Å². The number of hydrogen-bond acceptors (Lipinski definition) is 5. The number of rotatable bonds is 3. The summed E-state index contributed by atoms with van der Waals surface area (Å²) in [6, 6.07) is 16.3. The first-order valence-electron chi connectivity index (χ1n) is 8.88. The van der Waals surface area contributed by atoms with Gasteiger partial charge in [0.1, 0.15) is 5.57 Å². The van der Waals surface area contributed by atoms with Crippen LogP contribution in [0.25, 0.3) is 0 Å². The average molecular weight is 388 g/mol. The van der Waals surface area contributed by atoms with E-state index in [1.807, 2.05) is 6.07 Å². The van der Waals surface area contributed by atoms with E-state index in [4.69, 9.17) is 0 Å². The molecule has 1 N–H and O–H groups in total. The summed E-state index contributed by atoms with van der Waals surface area (Å²) in [5, 5.41) is 7.65. The lowest BCUT2D eigenvalue weighted by Gasteiger charge is -2.26. The largest absolute Gasteiger partial charge is 0.335 e. The molecule has 0 bridgehead atoms. The minimum Gasteiger partial charge on any atom is -0.273 e. The van der Waals surface area contributed by atoms with Gasteiger partial charge in [0.15, 0.2) is 0 Å². The van der Waals surface area contributed by atoms with Crippen LogP contribution in [0.1, 0.15) is 6.92 Å². The lowest BCUT2D eigenvalue weighted by molar-refractivity contribution is -0.122. The molecule has 144 valence electrons. The number of nitrogens with one attached hydrogen (secondary N) is 1. The molecule has 29 heavy (non-hydrogen) atoms. The Labute approximate surface area is 166 Å². The predicted octanol–water partition coefficient (Wildman–Crippen LogP) is 2.23. The Kier molecular flexibility index (Phi) is 4.52. The van der Waals surface area contributed by atoms with Crippen LogP contribution in [0.4, 0.5) is 16.2 Å². The number of amides is 5. The number of anilines is 2. The summed E-state index contributed by atoms with van der Waals surface area (Å²) in [6.07, 6.45) is 1.27. The zero-order valence-electron chi connectivity index (χ0n) is 15.4. The van der Waals surface area contributed by atoms with E-state index in [9.17, 15) is 19.2 Å². The molecule has 2 aliphatic rings. The van der Waals surface area contributed by atoms with Crippen LogP contribution in [0.15, 0.2) is 77.4 Å². The van der Waals surface area contributed by atoms with Gasteiger partial charge in [-0.25, -0.2) is 9.69 Å². The van der Waals surface area contributed by atoms with Gasteiger partial charge in [-0.05, 0) is 37.3 Å². The highest BCUT2D eigenvalue weighted by molar-refractivity contribution is 6.38. The third-order valence-corrected chi connectivity index (χ3v) is 4.63. The zero-order chi connectivity index (χ0) is 20.5. The van der Waals surface area contributed by atoms with Gasteiger partial charge in [0.05, 0.1) is 23.0 Å². The molecule has 1 atom stereocenters. The van der Waals surface area contributed by atoms with Crippen LogP contribution in [-0.4, -0.2) is 29.5 Å². The number of urea groups is 1. The van der Waals surface area contributed by atoms with Crippen molar-refractivity contribution in [2.45, 2.75) is 6.92 Å².